The fraction of sp³-hybridized carbons (Fsp3) is 0.533. The molecule has 98 valence electrons. The number of likely N-dealkylation sites (N-methyl/N-ethyl adjacent to an activating group) is 1. The van der Waals surface area contributed by atoms with E-state index in [2.05, 4.69) is 0 Å². The van der Waals surface area contributed by atoms with Crippen LogP contribution < -0.4 is 0 Å². The van der Waals surface area contributed by atoms with Crippen LogP contribution in [0, 0.1) is 5.92 Å². The maximum Gasteiger partial charge on any atom is 0.329 e. The Morgan fingerprint density at radius 2 is 1.89 bits per heavy atom. The van der Waals surface area contributed by atoms with E-state index in [1.165, 1.54) is 0 Å². The smallest absolute Gasteiger partial charge is 0.329 e. The molecule has 0 aromatic heterocycles. The lowest BCUT2D eigenvalue weighted by Gasteiger charge is -2.41. The molecule has 0 saturated heterocycles. The van der Waals surface area contributed by atoms with Crippen molar-refractivity contribution in [2.75, 3.05) is 7.05 Å². The first-order valence-electron chi connectivity index (χ1n) is 6.53. The second-order valence-corrected chi connectivity index (χ2v) is 5.42. The van der Waals surface area contributed by atoms with E-state index in [-0.39, 0.29) is 12.0 Å². The largest absolute Gasteiger partial charge is 0.480 e. The first-order chi connectivity index (χ1) is 8.51. The fourth-order valence-electron chi connectivity index (χ4n) is 2.78. The fourth-order valence-corrected chi connectivity index (χ4v) is 2.78. The molecule has 18 heavy (non-hydrogen) atoms. The van der Waals surface area contributed by atoms with Gasteiger partial charge in [0.05, 0.1) is 0 Å². The molecule has 1 fully saturated rings. The minimum Gasteiger partial charge on any atom is -0.480 e. The minimum absolute atomic E-state index is 0.196. The molecule has 0 heterocycles. The Morgan fingerprint density at radius 1 is 1.33 bits per heavy atom. The zero-order valence-corrected chi connectivity index (χ0v) is 11.3. The summed E-state index contributed by atoms with van der Waals surface area (Å²) in [4.78, 5) is 14.0. The van der Waals surface area contributed by atoms with E-state index >= 15 is 0 Å². The number of nitrogens with zero attached hydrogens (tertiary/aromatic N) is 1. The van der Waals surface area contributed by atoms with Crippen molar-refractivity contribution in [3.63, 3.8) is 0 Å². The third-order valence-electron chi connectivity index (χ3n) is 4.04. The zero-order valence-electron chi connectivity index (χ0n) is 11.3. The highest BCUT2D eigenvalue weighted by Gasteiger charge is 2.55. The lowest BCUT2D eigenvalue weighted by molar-refractivity contribution is -0.155. The van der Waals surface area contributed by atoms with Crippen molar-refractivity contribution in [3.05, 3.63) is 35.9 Å². The van der Waals surface area contributed by atoms with Gasteiger partial charge in [-0.15, -0.1) is 0 Å². The molecule has 1 unspecified atom stereocenters. The Kier molecular flexibility index (Phi) is 3.44. The molecule has 1 aliphatic carbocycles. The Hall–Kier alpha value is -1.35. The normalized spacial score (nSPS) is 18.9. The summed E-state index contributed by atoms with van der Waals surface area (Å²) in [6.07, 6.45) is 2.00. The predicted octanol–water partition coefficient (Wildman–Crippen LogP) is 2.72. The van der Waals surface area contributed by atoms with Crippen LogP contribution in [-0.2, 0) is 10.3 Å². The first-order valence-corrected chi connectivity index (χ1v) is 6.53. The first kappa shape index (κ1) is 13.1. The molecular weight excluding hydrogens is 226 g/mol. The second-order valence-electron chi connectivity index (χ2n) is 5.42. The van der Waals surface area contributed by atoms with Gasteiger partial charge in [-0.25, -0.2) is 4.79 Å². The minimum atomic E-state index is -0.866. The molecule has 0 radical (unpaired) electrons. The van der Waals surface area contributed by atoms with Crippen LogP contribution in [0.1, 0.15) is 32.3 Å². The average molecular weight is 247 g/mol. The summed E-state index contributed by atoms with van der Waals surface area (Å²) in [6.45, 7) is 4.09. The van der Waals surface area contributed by atoms with Gasteiger partial charge in [0.25, 0.3) is 0 Å². The van der Waals surface area contributed by atoms with Crippen molar-refractivity contribution < 1.29 is 9.90 Å². The van der Waals surface area contributed by atoms with E-state index in [0.717, 1.165) is 18.4 Å². The van der Waals surface area contributed by atoms with Crippen LogP contribution in [0.3, 0.4) is 0 Å². The number of aliphatic carboxylic acids is 1. The van der Waals surface area contributed by atoms with E-state index in [1.807, 2.05) is 56.1 Å². The molecule has 1 saturated carbocycles. The van der Waals surface area contributed by atoms with Crippen LogP contribution >= 0.6 is 0 Å². The van der Waals surface area contributed by atoms with Crippen molar-refractivity contribution in [1.29, 1.82) is 0 Å². The van der Waals surface area contributed by atoms with E-state index in [4.69, 9.17) is 0 Å². The van der Waals surface area contributed by atoms with Gasteiger partial charge in [0, 0.05) is 6.04 Å². The topological polar surface area (TPSA) is 40.5 Å². The Bertz CT molecular complexity index is 425. The maximum absolute atomic E-state index is 12.0. The molecule has 0 spiro atoms. The molecule has 1 aromatic rings. The Morgan fingerprint density at radius 3 is 2.28 bits per heavy atom. The van der Waals surface area contributed by atoms with Crippen molar-refractivity contribution in [1.82, 2.24) is 4.90 Å². The van der Waals surface area contributed by atoms with Crippen LogP contribution in [0.4, 0.5) is 0 Å². The summed E-state index contributed by atoms with van der Waals surface area (Å²) in [6, 6.07) is 9.84. The summed E-state index contributed by atoms with van der Waals surface area (Å²) in [7, 11) is 1.92. The van der Waals surface area contributed by atoms with E-state index in [0.29, 0.717) is 0 Å². The second kappa shape index (κ2) is 4.73. The average Bonchev–Trinajstić information content (AvgIpc) is 3.15. The monoisotopic (exact) mass is 247 g/mol. The van der Waals surface area contributed by atoms with Crippen molar-refractivity contribution in [2.45, 2.75) is 38.3 Å². The number of carbonyl (C=O) groups is 1. The molecule has 0 bridgehead atoms. The standard InChI is InChI=1S/C15H21NO2/c1-11(2)16(3)15(14(17)18,13-9-10-13)12-7-5-4-6-8-12/h4-8,11,13H,9-10H2,1-3H3,(H,17,18). The van der Waals surface area contributed by atoms with Crippen LogP contribution in [0.15, 0.2) is 30.3 Å². The quantitative estimate of drug-likeness (QED) is 0.869. The lowest BCUT2D eigenvalue weighted by Crippen LogP contribution is -2.54. The molecule has 3 nitrogen and oxygen atoms in total. The molecule has 2 rings (SSSR count). The number of carboxylic acids is 1. The molecule has 3 heteroatoms. The highest BCUT2D eigenvalue weighted by molar-refractivity contribution is 5.82. The van der Waals surface area contributed by atoms with E-state index < -0.39 is 11.5 Å². The molecule has 1 aliphatic rings. The number of benzene rings is 1. The van der Waals surface area contributed by atoms with Gasteiger partial charge in [-0.05, 0) is 45.2 Å². The highest BCUT2D eigenvalue weighted by Crippen LogP contribution is 2.49. The van der Waals surface area contributed by atoms with E-state index in [1.54, 1.807) is 0 Å². The van der Waals surface area contributed by atoms with Gasteiger partial charge in [0.15, 0.2) is 0 Å². The predicted molar refractivity (Wildman–Crippen MR) is 71.4 cm³/mol. The summed E-state index contributed by atoms with van der Waals surface area (Å²) >= 11 is 0. The lowest BCUT2D eigenvalue weighted by atomic mass is 9.82. The molecule has 1 atom stereocenters. The van der Waals surface area contributed by atoms with Crippen molar-refractivity contribution in [3.8, 4) is 0 Å². The van der Waals surface area contributed by atoms with Gasteiger partial charge in [-0.1, -0.05) is 30.3 Å². The van der Waals surface area contributed by atoms with Gasteiger partial charge in [-0.3, -0.25) is 4.90 Å². The zero-order chi connectivity index (χ0) is 13.3. The molecule has 0 amide bonds. The van der Waals surface area contributed by atoms with Crippen LogP contribution in [0.5, 0.6) is 0 Å². The third-order valence-corrected chi connectivity index (χ3v) is 4.04. The number of rotatable bonds is 5. The Balaban J connectivity index is 2.54. The van der Waals surface area contributed by atoms with Gasteiger partial charge < -0.3 is 5.11 Å². The van der Waals surface area contributed by atoms with Gasteiger partial charge in [0.1, 0.15) is 5.54 Å². The molecule has 1 aromatic carbocycles. The third kappa shape index (κ3) is 1.93. The van der Waals surface area contributed by atoms with Crippen molar-refractivity contribution >= 4 is 5.97 Å². The molecule has 0 aliphatic heterocycles. The van der Waals surface area contributed by atoms with E-state index in [9.17, 15) is 9.90 Å². The highest BCUT2D eigenvalue weighted by atomic mass is 16.4. The number of hydrogen-bond donors (Lipinski definition) is 1. The summed E-state index contributed by atoms with van der Waals surface area (Å²) < 4.78 is 0. The van der Waals surface area contributed by atoms with Crippen LogP contribution in [-0.4, -0.2) is 29.1 Å². The molecule has 1 N–H and O–H groups in total. The Labute approximate surface area is 108 Å². The van der Waals surface area contributed by atoms with Crippen LogP contribution in [0.2, 0.25) is 0 Å². The summed E-state index contributed by atoms with van der Waals surface area (Å²) in [5.74, 6) is -0.503. The van der Waals surface area contributed by atoms with Crippen molar-refractivity contribution in [2.24, 2.45) is 5.92 Å². The summed E-state index contributed by atoms with van der Waals surface area (Å²) in [5.41, 5.74) is 0.0336. The summed E-state index contributed by atoms with van der Waals surface area (Å²) in [5, 5.41) is 9.87. The number of hydrogen-bond acceptors (Lipinski definition) is 2. The number of carboxylic acid groups (broad SMARTS) is 1. The van der Waals surface area contributed by atoms with Gasteiger partial charge in [-0.2, -0.15) is 0 Å². The van der Waals surface area contributed by atoms with Gasteiger partial charge in [0.2, 0.25) is 0 Å². The van der Waals surface area contributed by atoms with Gasteiger partial charge >= 0.3 is 5.97 Å². The molecular formula is C15H21NO2. The SMILES string of the molecule is CC(C)N(C)C(C(=O)O)(c1ccccc1)C1CC1. The van der Waals surface area contributed by atoms with Crippen LogP contribution in [0.25, 0.3) is 0 Å². The maximum atomic E-state index is 12.0.